The van der Waals surface area contributed by atoms with Gasteiger partial charge in [-0.05, 0) is 116 Å². The smallest absolute Gasteiger partial charge is 0.220 e. The maximum atomic E-state index is 12.5. The molecule has 0 aliphatic carbocycles. The lowest BCUT2D eigenvalue weighted by Crippen LogP contribution is -2.45. The number of hydrogen-bond donors (Lipinski definition) is 3. The van der Waals surface area contributed by atoms with Gasteiger partial charge in [-0.1, -0.05) is 307 Å². The molecule has 2 unspecified atom stereocenters. The average Bonchev–Trinajstić information content (AvgIpc) is 3.42. The van der Waals surface area contributed by atoms with Gasteiger partial charge in [0.25, 0.3) is 0 Å². The molecule has 0 fully saturated rings. The van der Waals surface area contributed by atoms with Gasteiger partial charge in [-0.2, -0.15) is 0 Å². The lowest BCUT2D eigenvalue weighted by atomic mass is 10.0. The number of amides is 1. The van der Waals surface area contributed by atoms with E-state index >= 15 is 0 Å². The van der Waals surface area contributed by atoms with E-state index in [-0.39, 0.29) is 12.5 Å². The predicted octanol–water partition coefficient (Wildman–Crippen LogP) is 21.7. The summed E-state index contributed by atoms with van der Waals surface area (Å²) < 4.78 is 0. The SMILES string of the molecule is CC/C=C\C/C=C\C/C=C\C/C=C\C/C=C\C/C=C\C/C=C\C/C=C\C/C=C\C/C=C\C/C=C\CCCCCCCC(=O)NC(CO)C(O)/C=C/CC/C=C/CCCCCCCCCCCCCCCCCCCCC. The van der Waals surface area contributed by atoms with E-state index in [4.69, 9.17) is 0 Å². The van der Waals surface area contributed by atoms with Crippen molar-refractivity contribution >= 4 is 5.91 Å². The highest BCUT2D eigenvalue weighted by atomic mass is 16.3. The third-order valence-corrected chi connectivity index (χ3v) is 13.5. The molecule has 1 amide bonds. The highest BCUT2D eigenvalue weighted by Crippen LogP contribution is 2.16. The molecule has 0 rings (SSSR count). The molecule has 4 heteroatoms. The van der Waals surface area contributed by atoms with Crippen LogP contribution in [0.4, 0.5) is 0 Å². The van der Waals surface area contributed by atoms with E-state index < -0.39 is 12.1 Å². The molecule has 0 aromatic rings. The number of aliphatic hydroxyl groups is 2. The number of hydrogen-bond acceptors (Lipinski definition) is 3. The van der Waals surface area contributed by atoms with Crippen LogP contribution in [-0.2, 0) is 4.79 Å². The second-order valence-corrected chi connectivity index (χ2v) is 20.7. The van der Waals surface area contributed by atoms with Gasteiger partial charge in [-0.25, -0.2) is 0 Å². The lowest BCUT2D eigenvalue weighted by molar-refractivity contribution is -0.123. The highest BCUT2D eigenvalue weighted by molar-refractivity contribution is 5.76. The minimum absolute atomic E-state index is 0.0973. The average molecular weight is 1050 g/mol. The summed E-state index contributed by atoms with van der Waals surface area (Å²) in [6.45, 7) is 4.18. The number of carbonyl (C=O) groups is 1. The summed E-state index contributed by atoms with van der Waals surface area (Å²) in [5.41, 5.74) is 0. The Bertz CT molecular complexity index is 1610. The molecule has 3 N–H and O–H groups in total. The van der Waals surface area contributed by atoms with Gasteiger partial charge in [0.1, 0.15) is 0 Å². The first-order valence-electron chi connectivity index (χ1n) is 31.7. The van der Waals surface area contributed by atoms with E-state index in [9.17, 15) is 15.0 Å². The standard InChI is InChI=1S/C72H119NO3/c1-3-5-7-9-11-13-15-17-19-21-23-25-27-29-30-31-32-33-34-35-36-37-38-39-40-41-42-44-46-48-50-52-54-56-58-60-62-64-66-68-72(76)73-70(69-74)71(75)67-65-63-61-59-57-55-53-51-49-47-45-43-28-26-24-22-20-18-16-14-12-10-8-6-4-2/h5,7,11,13,17,19,23,25,29-30,32-33,35-36,38-39,41-42,46,48,52,54,57,59,65,67,70-71,74-75H,3-4,6,8-10,12,14-16,18,20-22,24,26-28,31,34,37,40,43-45,47,49-51,53,55-56,58,60-64,66,68-69H2,1-2H3,(H,73,76)/b7-5-,13-11-,19-17-,25-23-,30-29-,33-32-,36-35-,39-38-,42-41-,48-46-,54-52-,59-57+,67-65+. The molecule has 0 spiro atoms. The number of aliphatic hydroxyl groups excluding tert-OH is 2. The summed E-state index contributed by atoms with van der Waals surface area (Å²) in [5.74, 6) is -0.0973. The van der Waals surface area contributed by atoms with Crippen LogP contribution in [0.25, 0.3) is 0 Å². The van der Waals surface area contributed by atoms with Gasteiger partial charge < -0.3 is 15.5 Å². The third-order valence-electron chi connectivity index (χ3n) is 13.5. The van der Waals surface area contributed by atoms with Crippen molar-refractivity contribution in [3.63, 3.8) is 0 Å². The van der Waals surface area contributed by atoms with Crippen LogP contribution in [0.15, 0.2) is 158 Å². The first-order valence-corrected chi connectivity index (χ1v) is 31.7. The second-order valence-electron chi connectivity index (χ2n) is 20.7. The second kappa shape index (κ2) is 65.3. The number of allylic oxidation sites excluding steroid dienone is 25. The monoisotopic (exact) mass is 1050 g/mol. The lowest BCUT2D eigenvalue weighted by Gasteiger charge is -2.19. The quantitative estimate of drug-likeness (QED) is 0.0420. The van der Waals surface area contributed by atoms with Gasteiger partial charge in [-0.15, -0.1) is 0 Å². The van der Waals surface area contributed by atoms with E-state index in [0.717, 1.165) is 116 Å². The molecule has 0 aromatic carbocycles. The zero-order chi connectivity index (χ0) is 54.8. The largest absolute Gasteiger partial charge is 0.394 e. The molecule has 430 valence electrons. The molecule has 0 saturated carbocycles. The summed E-state index contributed by atoms with van der Waals surface area (Å²) in [4.78, 5) is 12.5. The molecular weight excluding hydrogens is 927 g/mol. The maximum absolute atomic E-state index is 12.5. The molecule has 0 radical (unpaired) electrons. The summed E-state index contributed by atoms with van der Waals surface area (Å²) in [7, 11) is 0. The Balaban J connectivity index is 3.68. The van der Waals surface area contributed by atoms with Crippen molar-refractivity contribution in [2.24, 2.45) is 0 Å². The van der Waals surface area contributed by atoms with Crippen molar-refractivity contribution in [3.05, 3.63) is 158 Å². The van der Waals surface area contributed by atoms with E-state index in [1.807, 2.05) is 6.08 Å². The summed E-state index contributed by atoms with van der Waals surface area (Å²) in [6.07, 6.45) is 104. The number of nitrogens with one attached hydrogen (secondary N) is 1. The summed E-state index contributed by atoms with van der Waals surface area (Å²) in [6, 6.07) is -0.663. The van der Waals surface area contributed by atoms with Gasteiger partial charge in [-0.3, -0.25) is 4.79 Å². The van der Waals surface area contributed by atoms with Crippen LogP contribution in [-0.4, -0.2) is 34.9 Å². The molecule has 0 bridgehead atoms. The fraction of sp³-hybridized carbons (Fsp3) is 0.625. The minimum atomic E-state index is -0.884. The Kier molecular flexibility index (Phi) is 61.9. The van der Waals surface area contributed by atoms with E-state index in [1.165, 1.54) is 135 Å². The Morgan fingerprint density at radius 1 is 0.329 bits per heavy atom. The van der Waals surface area contributed by atoms with Gasteiger partial charge in [0, 0.05) is 6.42 Å². The Morgan fingerprint density at radius 2 is 0.592 bits per heavy atom. The topological polar surface area (TPSA) is 69.6 Å². The van der Waals surface area contributed by atoms with Crippen LogP contribution in [0.2, 0.25) is 0 Å². The first kappa shape index (κ1) is 72.0. The molecular formula is C72H119NO3. The molecule has 2 atom stereocenters. The van der Waals surface area contributed by atoms with Crippen molar-refractivity contribution in [2.45, 2.75) is 283 Å². The first-order chi connectivity index (χ1) is 37.7. The van der Waals surface area contributed by atoms with Crippen molar-refractivity contribution in [1.29, 1.82) is 0 Å². The number of rotatable bonds is 56. The summed E-state index contributed by atoms with van der Waals surface area (Å²) in [5, 5.41) is 23.2. The van der Waals surface area contributed by atoms with Crippen LogP contribution in [0, 0.1) is 0 Å². The number of unbranched alkanes of at least 4 members (excludes halogenated alkanes) is 25. The van der Waals surface area contributed by atoms with Crippen molar-refractivity contribution in [1.82, 2.24) is 5.32 Å². The van der Waals surface area contributed by atoms with E-state index in [0.29, 0.717) is 6.42 Å². The van der Waals surface area contributed by atoms with Crippen molar-refractivity contribution in [2.75, 3.05) is 6.61 Å². The number of carbonyl (C=O) groups excluding carboxylic acids is 1. The van der Waals surface area contributed by atoms with Crippen molar-refractivity contribution < 1.29 is 15.0 Å². The van der Waals surface area contributed by atoms with Gasteiger partial charge in [0.05, 0.1) is 18.8 Å². The van der Waals surface area contributed by atoms with Crippen molar-refractivity contribution in [3.8, 4) is 0 Å². The normalized spacial score (nSPS) is 13.9. The van der Waals surface area contributed by atoms with Gasteiger partial charge in [0.15, 0.2) is 0 Å². The third kappa shape index (κ3) is 60.9. The van der Waals surface area contributed by atoms with E-state index in [2.05, 4.69) is 165 Å². The Labute approximate surface area is 471 Å². The minimum Gasteiger partial charge on any atom is -0.394 e. The zero-order valence-corrected chi connectivity index (χ0v) is 49.5. The van der Waals surface area contributed by atoms with Crippen LogP contribution >= 0.6 is 0 Å². The van der Waals surface area contributed by atoms with Crippen LogP contribution < -0.4 is 5.32 Å². The molecule has 0 heterocycles. The van der Waals surface area contributed by atoms with Gasteiger partial charge in [0.2, 0.25) is 5.91 Å². The maximum Gasteiger partial charge on any atom is 0.220 e. The van der Waals surface area contributed by atoms with Crippen LogP contribution in [0.3, 0.4) is 0 Å². The molecule has 0 aromatic heterocycles. The van der Waals surface area contributed by atoms with E-state index in [1.54, 1.807) is 6.08 Å². The van der Waals surface area contributed by atoms with Gasteiger partial charge >= 0.3 is 0 Å². The molecule has 4 nitrogen and oxygen atoms in total. The Morgan fingerprint density at radius 3 is 0.921 bits per heavy atom. The molecule has 76 heavy (non-hydrogen) atoms. The highest BCUT2D eigenvalue weighted by Gasteiger charge is 2.18. The van der Waals surface area contributed by atoms with Crippen LogP contribution in [0.5, 0.6) is 0 Å². The Hall–Kier alpha value is -3.99. The van der Waals surface area contributed by atoms with Crippen LogP contribution in [0.1, 0.15) is 271 Å². The zero-order valence-electron chi connectivity index (χ0n) is 49.5. The fourth-order valence-electron chi connectivity index (χ4n) is 8.73. The molecule has 0 saturated heterocycles. The molecule has 0 aliphatic heterocycles. The predicted molar refractivity (Wildman–Crippen MR) is 340 cm³/mol. The fourth-order valence-corrected chi connectivity index (χ4v) is 8.73. The molecule has 0 aliphatic rings. The summed E-state index contributed by atoms with van der Waals surface area (Å²) >= 11 is 0.